The Morgan fingerprint density at radius 3 is 2.31 bits per heavy atom. The van der Waals surface area contributed by atoms with Gasteiger partial charge in [-0.15, -0.1) is 0 Å². The van der Waals surface area contributed by atoms with Gasteiger partial charge in [0.15, 0.2) is 0 Å². The summed E-state index contributed by atoms with van der Waals surface area (Å²) in [7, 11) is 0. The first kappa shape index (κ1) is 24.4. The Morgan fingerprint density at radius 1 is 0.971 bits per heavy atom. The molecule has 4 N–H and O–H groups in total. The topological polar surface area (TPSA) is 98.0 Å². The summed E-state index contributed by atoms with van der Waals surface area (Å²) in [4.78, 5) is 12.9. The number of aliphatic carboxylic acids is 1. The fraction of sp³-hybridized carbons (Fsp3) is 0.900. The van der Waals surface area contributed by atoms with Gasteiger partial charge in [-0.1, -0.05) is 46.8 Å². The third-order valence-corrected chi connectivity index (χ3v) is 14.0. The second-order valence-corrected chi connectivity index (χ2v) is 15.2. The van der Waals surface area contributed by atoms with E-state index < -0.39 is 29.2 Å². The quantitative estimate of drug-likeness (QED) is 0.400. The maximum Gasteiger partial charge on any atom is 0.310 e. The molecule has 0 bridgehead atoms. The lowest BCUT2D eigenvalue weighted by Gasteiger charge is -2.69. The lowest BCUT2D eigenvalue weighted by Crippen LogP contribution is -2.67. The number of carboxylic acids is 1. The Bertz CT molecular complexity index is 1000. The van der Waals surface area contributed by atoms with Crippen molar-refractivity contribution in [3.05, 3.63) is 12.2 Å². The maximum atomic E-state index is 12.9. The molecule has 6 aliphatic rings. The van der Waals surface area contributed by atoms with Crippen LogP contribution in [0.15, 0.2) is 12.2 Å². The van der Waals surface area contributed by atoms with E-state index in [4.69, 9.17) is 0 Å². The van der Waals surface area contributed by atoms with Crippen LogP contribution in [-0.4, -0.2) is 44.2 Å². The van der Waals surface area contributed by atoms with Gasteiger partial charge < -0.3 is 20.4 Å². The highest BCUT2D eigenvalue weighted by Gasteiger charge is 2.86. The van der Waals surface area contributed by atoms with Crippen molar-refractivity contribution in [2.75, 3.05) is 0 Å². The number of allylic oxidation sites excluding steroid dienone is 2. The predicted octanol–water partition coefficient (Wildman–Crippen LogP) is 4.79. The fourth-order valence-electron chi connectivity index (χ4n) is 12.2. The zero-order valence-corrected chi connectivity index (χ0v) is 22.5. The Labute approximate surface area is 210 Å². The van der Waals surface area contributed by atoms with Crippen LogP contribution in [0.2, 0.25) is 0 Å². The van der Waals surface area contributed by atoms with Crippen LogP contribution in [0, 0.1) is 56.2 Å². The molecule has 12 atom stereocenters. The minimum absolute atomic E-state index is 0.00320. The molecular formula is C30H46O5. The van der Waals surface area contributed by atoms with E-state index in [0.717, 1.165) is 32.1 Å². The van der Waals surface area contributed by atoms with Crippen molar-refractivity contribution in [1.29, 1.82) is 0 Å². The van der Waals surface area contributed by atoms with E-state index in [9.17, 15) is 25.2 Å². The van der Waals surface area contributed by atoms with E-state index in [1.807, 2.05) is 6.92 Å². The van der Waals surface area contributed by atoms with Crippen molar-refractivity contribution in [2.24, 2.45) is 56.2 Å². The Morgan fingerprint density at radius 2 is 1.66 bits per heavy atom. The molecule has 0 spiro atoms. The molecule has 0 aromatic rings. The largest absolute Gasteiger partial charge is 0.481 e. The minimum Gasteiger partial charge on any atom is -0.481 e. The fourth-order valence-corrected chi connectivity index (χ4v) is 12.2. The van der Waals surface area contributed by atoms with E-state index in [2.05, 4.69) is 46.8 Å². The monoisotopic (exact) mass is 486 g/mol. The van der Waals surface area contributed by atoms with Gasteiger partial charge in [0.25, 0.3) is 0 Å². The first-order valence-corrected chi connectivity index (χ1v) is 14.1. The number of hydrogen-bond donors (Lipinski definition) is 4. The molecule has 0 saturated heterocycles. The van der Waals surface area contributed by atoms with Crippen LogP contribution in [0.4, 0.5) is 0 Å². The second-order valence-electron chi connectivity index (χ2n) is 15.2. The number of fused-ring (bicyclic) bond motifs is 4. The summed E-state index contributed by atoms with van der Waals surface area (Å²) >= 11 is 0. The molecule has 0 heterocycles. The molecule has 0 aliphatic heterocycles. The van der Waals surface area contributed by atoms with Gasteiger partial charge in [-0.2, -0.15) is 0 Å². The molecule has 5 nitrogen and oxygen atoms in total. The zero-order chi connectivity index (χ0) is 25.6. The van der Waals surface area contributed by atoms with E-state index in [0.29, 0.717) is 25.2 Å². The van der Waals surface area contributed by atoms with Crippen molar-refractivity contribution < 1.29 is 25.2 Å². The van der Waals surface area contributed by atoms with Gasteiger partial charge in [0, 0.05) is 11.3 Å². The molecule has 0 amide bonds. The van der Waals surface area contributed by atoms with Crippen molar-refractivity contribution >= 4 is 5.97 Å². The highest BCUT2D eigenvalue weighted by atomic mass is 16.4. The van der Waals surface area contributed by atoms with Crippen molar-refractivity contribution in [1.82, 2.24) is 0 Å². The molecule has 5 heteroatoms. The van der Waals surface area contributed by atoms with Crippen LogP contribution >= 0.6 is 0 Å². The third-order valence-electron chi connectivity index (χ3n) is 14.0. The van der Waals surface area contributed by atoms with Gasteiger partial charge in [0.1, 0.15) is 0 Å². The summed E-state index contributed by atoms with van der Waals surface area (Å²) in [5, 5.41) is 44.4. The lowest BCUT2D eigenvalue weighted by molar-refractivity contribution is -0.235. The summed E-state index contributed by atoms with van der Waals surface area (Å²) in [5.41, 5.74) is -2.61. The molecular weight excluding hydrogens is 440 g/mol. The second kappa shape index (κ2) is 6.56. The van der Waals surface area contributed by atoms with Crippen LogP contribution in [0.3, 0.4) is 0 Å². The summed E-state index contributed by atoms with van der Waals surface area (Å²) in [6.07, 6.45) is 9.97. The Kier molecular flexibility index (Phi) is 4.58. The van der Waals surface area contributed by atoms with Crippen LogP contribution in [0.1, 0.15) is 92.9 Å². The Balaban J connectivity index is 1.50. The van der Waals surface area contributed by atoms with Gasteiger partial charge in [0.2, 0.25) is 0 Å². The highest BCUT2D eigenvalue weighted by Crippen LogP contribution is 2.90. The standard InChI is InChI=1S/C30H46O5/c1-17-7-11-28(23(33)34)13-14-30-16-29(30,22(28)27(17,6)35)12-9-20-25(4)15-18(31)21(32)24(2,3)19(25)8-10-26(20,30)5/h9,12,17-22,31-32,35H,7-8,10-11,13-16H2,1-6H3,(H,33,34)/t17-,18-,19+,20-,21-,22-,25+,26-,27-,28+,29?,30?/m1/s1. The molecule has 196 valence electrons. The van der Waals surface area contributed by atoms with Gasteiger partial charge >= 0.3 is 5.97 Å². The molecule has 5 saturated carbocycles. The molecule has 5 fully saturated rings. The van der Waals surface area contributed by atoms with Crippen LogP contribution in [0.25, 0.3) is 0 Å². The average molecular weight is 487 g/mol. The number of carboxylic acid groups (broad SMARTS) is 1. The van der Waals surface area contributed by atoms with E-state index in [-0.39, 0.29) is 44.8 Å². The Hall–Kier alpha value is -0.910. The molecule has 2 unspecified atom stereocenters. The first-order chi connectivity index (χ1) is 16.1. The highest BCUT2D eigenvalue weighted by molar-refractivity contribution is 5.77. The summed E-state index contributed by atoms with van der Waals surface area (Å²) in [6.45, 7) is 13.1. The molecule has 0 aromatic heterocycles. The number of aliphatic hydroxyl groups excluding tert-OH is 2. The van der Waals surface area contributed by atoms with Crippen molar-refractivity contribution in [3.63, 3.8) is 0 Å². The lowest BCUT2D eigenvalue weighted by atomic mass is 9.36. The van der Waals surface area contributed by atoms with Gasteiger partial charge in [0.05, 0.1) is 23.2 Å². The number of carbonyl (C=O) groups is 1. The van der Waals surface area contributed by atoms with Crippen molar-refractivity contribution in [3.8, 4) is 0 Å². The van der Waals surface area contributed by atoms with E-state index >= 15 is 0 Å². The number of aliphatic hydroxyl groups is 3. The smallest absolute Gasteiger partial charge is 0.310 e. The summed E-state index contributed by atoms with van der Waals surface area (Å²) in [6, 6.07) is 0. The average Bonchev–Trinajstić information content (AvgIpc) is 3.45. The van der Waals surface area contributed by atoms with Crippen LogP contribution < -0.4 is 0 Å². The van der Waals surface area contributed by atoms with E-state index in [1.165, 1.54) is 0 Å². The van der Waals surface area contributed by atoms with Gasteiger partial charge in [-0.05, 0) is 97.7 Å². The van der Waals surface area contributed by atoms with Gasteiger partial charge in [-0.25, -0.2) is 0 Å². The summed E-state index contributed by atoms with van der Waals surface area (Å²) < 4.78 is 0. The number of hydrogen-bond acceptors (Lipinski definition) is 4. The minimum atomic E-state index is -1.01. The maximum absolute atomic E-state index is 12.9. The van der Waals surface area contributed by atoms with E-state index in [1.54, 1.807) is 0 Å². The third kappa shape index (κ3) is 2.41. The number of rotatable bonds is 1. The molecule has 35 heavy (non-hydrogen) atoms. The normalized spacial score (nSPS) is 62.0. The van der Waals surface area contributed by atoms with Crippen LogP contribution in [-0.2, 0) is 4.79 Å². The summed E-state index contributed by atoms with van der Waals surface area (Å²) in [5.74, 6) is -0.319. The first-order valence-electron chi connectivity index (χ1n) is 14.1. The SMILES string of the molecule is C[C@@H]1CC[C@]2(C(=O)O)CCC34CC3(C=C[C@@H]3[C@@]5(C)C[C@@H](O)[C@@H](O)C(C)(C)[C@@H]5CC[C@]34C)[C@@H]2[C@]1(C)O. The molecule has 0 radical (unpaired) electrons. The molecule has 0 aromatic carbocycles. The van der Waals surface area contributed by atoms with Crippen molar-refractivity contribution in [2.45, 2.75) is 111 Å². The van der Waals surface area contributed by atoms with Crippen LogP contribution in [0.5, 0.6) is 0 Å². The van der Waals surface area contributed by atoms with Gasteiger partial charge in [-0.3, -0.25) is 4.79 Å². The zero-order valence-electron chi connectivity index (χ0n) is 22.5. The predicted molar refractivity (Wildman–Crippen MR) is 133 cm³/mol. The molecule has 6 aliphatic carbocycles. The molecule has 6 rings (SSSR count).